The Hall–Kier alpha value is -2.06. The quantitative estimate of drug-likeness (QED) is 0.785. The van der Waals surface area contributed by atoms with Gasteiger partial charge in [-0.05, 0) is 30.7 Å². The SMILES string of the molecule is CC(Oc1nc(Cl)nc(N2CCOCC2)c1F)c1ccc(F)cn1. The topological polar surface area (TPSA) is 60.4 Å². The van der Waals surface area contributed by atoms with Crippen molar-refractivity contribution >= 4 is 17.4 Å². The molecule has 0 aliphatic carbocycles. The van der Waals surface area contributed by atoms with Gasteiger partial charge < -0.3 is 14.4 Å². The van der Waals surface area contributed by atoms with Crippen LogP contribution in [0.1, 0.15) is 18.7 Å². The fourth-order valence-electron chi connectivity index (χ4n) is 2.31. The lowest BCUT2D eigenvalue weighted by atomic mass is 10.2. The van der Waals surface area contributed by atoms with Crippen LogP contribution in [0.15, 0.2) is 18.3 Å². The second kappa shape index (κ2) is 7.23. The first kappa shape index (κ1) is 16.8. The summed E-state index contributed by atoms with van der Waals surface area (Å²) in [6, 6.07) is 2.72. The third-order valence-electron chi connectivity index (χ3n) is 3.54. The van der Waals surface area contributed by atoms with Crippen LogP contribution in [0.4, 0.5) is 14.6 Å². The summed E-state index contributed by atoms with van der Waals surface area (Å²) in [5.74, 6) is -1.35. The van der Waals surface area contributed by atoms with E-state index in [9.17, 15) is 8.78 Å². The fourth-order valence-corrected chi connectivity index (χ4v) is 2.47. The first-order chi connectivity index (χ1) is 11.5. The predicted molar refractivity (Wildman–Crippen MR) is 83.3 cm³/mol. The van der Waals surface area contributed by atoms with Gasteiger partial charge in [-0.3, -0.25) is 4.98 Å². The number of aromatic nitrogens is 3. The first-order valence-corrected chi connectivity index (χ1v) is 7.76. The van der Waals surface area contributed by atoms with E-state index in [2.05, 4.69) is 15.0 Å². The van der Waals surface area contributed by atoms with Crippen LogP contribution < -0.4 is 9.64 Å². The second-order valence-electron chi connectivity index (χ2n) is 5.20. The third-order valence-corrected chi connectivity index (χ3v) is 3.71. The molecule has 9 heteroatoms. The van der Waals surface area contributed by atoms with Crippen molar-refractivity contribution in [2.75, 3.05) is 31.2 Å². The highest BCUT2D eigenvalue weighted by atomic mass is 35.5. The summed E-state index contributed by atoms with van der Waals surface area (Å²) in [6.45, 7) is 3.61. The van der Waals surface area contributed by atoms with Crippen molar-refractivity contribution in [3.05, 3.63) is 40.9 Å². The van der Waals surface area contributed by atoms with Gasteiger partial charge in [-0.15, -0.1) is 0 Å². The van der Waals surface area contributed by atoms with Crippen molar-refractivity contribution in [2.24, 2.45) is 0 Å². The summed E-state index contributed by atoms with van der Waals surface area (Å²) < 4.78 is 38.4. The van der Waals surface area contributed by atoms with Crippen molar-refractivity contribution in [2.45, 2.75) is 13.0 Å². The van der Waals surface area contributed by atoms with Crippen molar-refractivity contribution in [3.8, 4) is 5.88 Å². The van der Waals surface area contributed by atoms with E-state index in [1.807, 2.05) is 0 Å². The molecule has 2 aromatic heterocycles. The van der Waals surface area contributed by atoms with Gasteiger partial charge in [0.05, 0.1) is 25.1 Å². The molecule has 0 N–H and O–H groups in total. The van der Waals surface area contributed by atoms with Gasteiger partial charge in [0.15, 0.2) is 5.82 Å². The van der Waals surface area contributed by atoms with Crippen LogP contribution >= 0.6 is 11.6 Å². The van der Waals surface area contributed by atoms with Gasteiger partial charge in [0.1, 0.15) is 11.9 Å². The molecule has 128 valence electrons. The maximum absolute atomic E-state index is 14.7. The lowest BCUT2D eigenvalue weighted by molar-refractivity contribution is 0.121. The van der Waals surface area contributed by atoms with Gasteiger partial charge in [-0.1, -0.05) is 0 Å². The molecule has 24 heavy (non-hydrogen) atoms. The maximum Gasteiger partial charge on any atom is 0.257 e. The number of anilines is 1. The summed E-state index contributed by atoms with van der Waals surface area (Å²) in [4.78, 5) is 13.4. The number of halogens is 3. The summed E-state index contributed by atoms with van der Waals surface area (Å²) >= 11 is 5.90. The number of hydrogen-bond donors (Lipinski definition) is 0. The zero-order valence-electron chi connectivity index (χ0n) is 12.9. The molecular weight excluding hydrogens is 342 g/mol. The lowest BCUT2D eigenvalue weighted by Gasteiger charge is -2.28. The zero-order chi connectivity index (χ0) is 17.1. The molecule has 6 nitrogen and oxygen atoms in total. The first-order valence-electron chi connectivity index (χ1n) is 7.38. The van der Waals surface area contributed by atoms with E-state index in [4.69, 9.17) is 21.1 Å². The van der Waals surface area contributed by atoms with Crippen molar-refractivity contribution in [3.63, 3.8) is 0 Å². The normalized spacial score (nSPS) is 16.1. The molecule has 3 heterocycles. The van der Waals surface area contributed by atoms with Crippen LogP contribution in [0.5, 0.6) is 5.88 Å². The fraction of sp³-hybridized carbons (Fsp3) is 0.400. The Morgan fingerprint density at radius 1 is 1.25 bits per heavy atom. The second-order valence-corrected chi connectivity index (χ2v) is 5.53. The summed E-state index contributed by atoms with van der Waals surface area (Å²) in [7, 11) is 0. The van der Waals surface area contributed by atoms with Crippen LogP contribution in [0.2, 0.25) is 5.28 Å². The molecule has 0 aromatic carbocycles. The molecule has 1 saturated heterocycles. The van der Waals surface area contributed by atoms with Crippen molar-refractivity contribution in [1.82, 2.24) is 15.0 Å². The number of pyridine rings is 1. The average molecular weight is 357 g/mol. The Morgan fingerprint density at radius 2 is 2.00 bits per heavy atom. The molecule has 0 amide bonds. The minimum Gasteiger partial charge on any atom is -0.466 e. The van der Waals surface area contributed by atoms with E-state index < -0.39 is 17.7 Å². The predicted octanol–water partition coefficient (Wildman–Crippen LogP) is 2.78. The number of hydrogen-bond acceptors (Lipinski definition) is 6. The Bertz CT molecular complexity index is 711. The third kappa shape index (κ3) is 3.70. The summed E-state index contributed by atoms with van der Waals surface area (Å²) in [6.07, 6.45) is 0.432. The van der Waals surface area contributed by atoms with Gasteiger partial charge in [0.2, 0.25) is 11.1 Å². The lowest BCUT2D eigenvalue weighted by Crippen LogP contribution is -2.37. The van der Waals surface area contributed by atoms with Crippen LogP contribution in [-0.4, -0.2) is 41.3 Å². The highest BCUT2D eigenvalue weighted by molar-refractivity contribution is 6.28. The van der Waals surface area contributed by atoms with Crippen LogP contribution in [0.3, 0.4) is 0 Å². The monoisotopic (exact) mass is 356 g/mol. The minimum atomic E-state index is -0.699. The Balaban J connectivity index is 1.84. The molecule has 1 aliphatic heterocycles. The minimum absolute atomic E-state index is 0.0764. The molecule has 0 bridgehead atoms. The molecule has 0 spiro atoms. The standard InChI is InChI=1S/C15H15ClF2N4O2/c1-9(11-3-2-10(17)8-19-11)24-14-12(18)13(20-15(16)21-14)22-4-6-23-7-5-22/h2-3,8-9H,4-7H2,1H3. The van der Waals surface area contributed by atoms with E-state index >= 15 is 0 Å². The summed E-state index contributed by atoms with van der Waals surface area (Å²) in [5.41, 5.74) is 0.443. The smallest absolute Gasteiger partial charge is 0.257 e. The molecule has 0 saturated carbocycles. The average Bonchev–Trinajstić information content (AvgIpc) is 2.59. The number of ether oxygens (including phenoxy) is 2. The van der Waals surface area contributed by atoms with Crippen LogP contribution in [-0.2, 0) is 4.74 Å². The molecular formula is C15H15ClF2N4O2. The van der Waals surface area contributed by atoms with Gasteiger partial charge in [0, 0.05) is 13.1 Å². The van der Waals surface area contributed by atoms with Crippen molar-refractivity contribution < 1.29 is 18.3 Å². The molecule has 2 aromatic rings. The van der Waals surface area contributed by atoms with Crippen molar-refractivity contribution in [1.29, 1.82) is 0 Å². The highest BCUT2D eigenvalue weighted by Gasteiger charge is 2.23. The Morgan fingerprint density at radius 3 is 2.67 bits per heavy atom. The van der Waals surface area contributed by atoms with Gasteiger partial charge >= 0.3 is 0 Å². The van der Waals surface area contributed by atoms with E-state index in [-0.39, 0.29) is 17.0 Å². The molecule has 1 atom stereocenters. The van der Waals surface area contributed by atoms with E-state index in [0.29, 0.717) is 32.0 Å². The highest BCUT2D eigenvalue weighted by Crippen LogP contribution is 2.29. The molecule has 1 fully saturated rings. The molecule has 0 radical (unpaired) electrons. The largest absolute Gasteiger partial charge is 0.466 e. The van der Waals surface area contributed by atoms with Crippen LogP contribution in [0.25, 0.3) is 0 Å². The Kier molecular flexibility index (Phi) is 5.06. The number of rotatable bonds is 4. The summed E-state index contributed by atoms with van der Waals surface area (Å²) in [5, 5.41) is -0.118. The van der Waals surface area contributed by atoms with Crippen LogP contribution in [0, 0.1) is 11.6 Å². The van der Waals surface area contributed by atoms with Gasteiger partial charge in [-0.2, -0.15) is 14.4 Å². The van der Waals surface area contributed by atoms with Gasteiger partial charge in [-0.25, -0.2) is 4.39 Å². The Labute approximate surface area is 142 Å². The zero-order valence-corrected chi connectivity index (χ0v) is 13.6. The molecule has 1 aliphatic rings. The van der Waals surface area contributed by atoms with Gasteiger partial charge in [0.25, 0.3) is 5.88 Å². The molecule has 3 rings (SSSR count). The number of morpholine rings is 1. The van der Waals surface area contributed by atoms with E-state index in [0.717, 1.165) is 6.20 Å². The van der Waals surface area contributed by atoms with E-state index in [1.54, 1.807) is 11.8 Å². The molecule has 1 unspecified atom stereocenters. The van der Waals surface area contributed by atoms with E-state index in [1.165, 1.54) is 12.1 Å². The number of nitrogens with zero attached hydrogens (tertiary/aromatic N) is 4. The maximum atomic E-state index is 14.7.